The summed E-state index contributed by atoms with van der Waals surface area (Å²) in [5.74, 6) is -0.846. The van der Waals surface area contributed by atoms with E-state index in [1.54, 1.807) is 36.4 Å². The topological polar surface area (TPSA) is 113 Å². The van der Waals surface area contributed by atoms with Gasteiger partial charge in [-0.3, -0.25) is 14.1 Å². The molecule has 0 bridgehead atoms. The van der Waals surface area contributed by atoms with Crippen LogP contribution in [0.15, 0.2) is 60.7 Å². The highest BCUT2D eigenvalue weighted by atomic mass is 32.2. The number of carbonyl (C=O) groups is 2. The molecule has 8 heteroatoms. The summed E-state index contributed by atoms with van der Waals surface area (Å²) in [5, 5.41) is 13.3. The number of hydrogen-bond acceptors (Lipinski definition) is 6. The highest BCUT2D eigenvalue weighted by Crippen LogP contribution is 2.38. The Bertz CT molecular complexity index is 1140. The smallest absolute Gasteiger partial charge is 0.357 e. The summed E-state index contributed by atoms with van der Waals surface area (Å²) in [5.41, 5.74) is 1.52. The lowest BCUT2D eigenvalue weighted by molar-refractivity contribution is 0.0977. The largest absolute Gasteiger partial charge is 0.507 e. The van der Waals surface area contributed by atoms with Gasteiger partial charge in [-0.15, -0.1) is 0 Å². The number of rotatable bonds is 4. The van der Waals surface area contributed by atoms with Gasteiger partial charge in [0.15, 0.2) is 11.6 Å². The number of hydrogen-bond donors (Lipinski definition) is 3. The molecule has 4 rings (SSSR count). The van der Waals surface area contributed by atoms with Crippen LogP contribution < -0.4 is 9.50 Å². The Labute approximate surface area is 162 Å². The molecule has 28 heavy (non-hydrogen) atoms. The lowest BCUT2D eigenvalue weighted by Gasteiger charge is -2.21. The standard InChI is InChI=1S/C20H13NO6S/c22-16-10-9-15(21-11-5-7-12(8-6-11)27-28(25)26)17-18(16)20(24)14-4-2-1-3-13(14)19(17)23/h1-10,21-22H,(H,25,26). The van der Waals surface area contributed by atoms with E-state index in [1.807, 2.05) is 0 Å². The lowest BCUT2D eigenvalue weighted by Crippen LogP contribution is -2.22. The third kappa shape index (κ3) is 3.04. The Hall–Kier alpha value is -3.49. The van der Waals surface area contributed by atoms with Crippen molar-refractivity contribution in [3.05, 3.63) is 82.9 Å². The molecule has 1 atom stereocenters. The van der Waals surface area contributed by atoms with Crippen molar-refractivity contribution < 1.29 is 27.6 Å². The van der Waals surface area contributed by atoms with Crippen LogP contribution >= 0.6 is 0 Å². The fraction of sp³-hybridized carbons (Fsp3) is 0. The molecule has 0 saturated heterocycles. The van der Waals surface area contributed by atoms with Crippen LogP contribution in [0.3, 0.4) is 0 Å². The molecule has 3 N–H and O–H groups in total. The highest BCUT2D eigenvalue weighted by Gasteiger charge is 2.33. The molecule has 0 spiro atoms. The van der Waals surface area contributed by atoms with Gasteiger partial charge >= 0.3 is 11.4 Å². The van der Waals surface area contributed by atoms with Gasteiger partial charge in [0.25, 0.3) is 0 Å². The molecule has 0 radical (unpaired) electrons. The number of ketones is 2. The van der Waals surface area contributed by atoms with Gasteiger partial charge in [-0.05, 0) is 36.4 Å². The summed E-state index contributed by atoms with van der Waals surface area (Å²) in [4.78, 5) is 25.8. The van der Waals surface area contributed by atoms with Gasteiger partial charge < -0.3 is 14.6 Å². The number of phenolic OH excluding ortho intramolecular Hbond substituents is 1. The zero-order valence-electron chi connectivity index (χ0n) is 14.2. The fourth-order valence-corrected chi connectivity index (χ4v) is 3.42. The average Bonchev–Trinajstić information content (AvgIpc) is 2.68. The summed E-state index contributed by atoms with van der Waals surface area (Å²) in [6, 6.07) is 15.5. The maximum Gasteiger partial charge on any atom is 0.357 e. The van der Waals surface area contributed by atoms with Crippen molar-refractivity contribution in [3.63, 3.8) is 0 Å². The van der Waals surface area contributed by atoms with E-state index in [0.717, 1.165) is 0 Å². The van der Waals surface area contributed by atoms with Crippen LogP contribution in [0.25, 0.3) is 0 Å². The van der Waals surface area contributed by atoms with E-state index in [2.05, 4.69) is 9.50 Å². The molecular formula is C20H13NO6S. The van der Waals surface area contributed by atoms with Crippen LogP contribution in [-0.4, -0.2) is 25.4 Å². The van der Waals surface area contributed by atoms with Crippen molar-refractivity contribution in [1.29, 1.82) is 0 Å². The second kappa shape index (κ2) is 6.91. The maximum absolute atomic E-state index is 13.0. The van der Waals surface area contributed by atoms with Crippen molar-refractivity contribution in [1.82, 2.24) is 0 Å². The van der Waals surface area contributed by atoms with E-state index >= 15 is 0 Å². The van der Waals surface area contributed by atoms with E-state index in [1.165, 1.54) is 24.3 Å². The van der Waals surface area contributed by atoms with Crippen LogP contribution in [-0.2, 0) is 11.4 Å². The summed E-state index contributed by atoms with van der Waals surface area (Å²) < 4.78 is 24.1. The number of benzene rings is 3. The molecule has 0 aromatic heterocycles. The van der Waals surface area contributed by atoms with Crippen molar-refractivity contribution in [3.8, 4) is 11.5 Å². The number of aromatic hydroxyl groups is 1. The Morgan fingerprint density at radius 1 is 0.821 bits per heavy atom. The minimum Gasteiger partial charge on any atom is -0.507 e. The minimum absolute atomic E-state index is 0.0377. The molecule has 0 fully saturated rings. The van der Waals surface area contributed by atoms with E-state index in [9.17, 15) is 18.9 Å². The number of nitrogens with one attached hydrogen (secondary N) is 1. The van der Waals surface area contributed by atoms with Crippen LogP contribution in [0.4, 0.5) is 11.4 Å². The van der Waals surface area contributed by atoms with Crippen LogP contribution in [0, 0.1) is 0 Å². The van der Waals surface area contributed by atoms with Crippen LogP contribution in [0.2, 0.25) is 0 Å². The first-order chi connectivity index (χ1) is 13.5. The number of fused-ring (bicyclic) bond motifs is 2. The number of phenols is 1. The molecular weight excluding hydrogens is 382 g/mol. The molecule has 0 heterocycles. The molecule has 3 aromatic rings. The number of anilines is 2. The quantitative estimate of drug-likeness (QED) is 0.358. The molecule has 1 aliphatic carbocycles. The molecule has 1 unspecified atom stereocenters. The third-order valence-corrected chi connectivity index (χ3v) is 4.69. The molecule has 0 aliphatic heterocycles. The zero-order valence-corrected chi connectivity index (χ0v) is 15.0. The molecule has 1 aliphatic rings. The lowest BCUT2D eigenvalue weighted by atomic mass is 9.82. The van der Waals surface area contributed by atoms with Gasteiger partial charge in [-0.2, -0.15) is 4.21 Å². The van der Waals surface area contributed by atoms with E-state index in [0.29, 0.717) is 11.4 Å². The fourth-order valence-electron chi connectivity index (χ4n) is 3.14. The van der Waals surface area contributed by atoms with Gasteiger partial charge in [0.2, 0.25) is 0 Å². The Morgan fingerprint density at radius 2 is 1.43 bits per heavy atom. The Balaban J connectivity index is 1.75. The average molecular weight is 395 g/mol. The summed E-state index contributed by atoms with van der Waals surface area (Å²) in [6.45, 7) is 0. The highest BCUT2D eigenvalue weighted by molar-refractivity contribution is 7.74. The van der Waals surface area contributed by atoms with Gasteiger partial charge in [0.1, 0.15) is 11.5 Å². The normalized spacial score (nSPS) is 13.5. The van der Waals surface area contributed by atoms with Crippen molar-refractivity contribution in [2.75, 3.05) is 5.32 Å². The second-order valence-corrected chi connectivity index (χ2v) is 6.64. The van der Waals surface area contributed by atoms with Gasteiger partial charge in [0.05, 0.1) is 16.8 Å². The zero-order chi connectivity index (χ0) is 19.8. The second-order valence-electron chi connectivity index (χ2n) is 6.04. The van der Waals surface area contributed by atoms with Crippen molar-refractivity contribution in [2.45, 2.75) is 0 Å². The molecule has 0 amide bonds. The first kappa shape index (κ1) is 17.9. The molecule has 7 nitrogen and oxygen atoms in total. The Kier molecular flexibility index (Phi) is 4.42. The molecule has 3 aromatic carbocycles. The predicted molar refractivity (Wildman–Crippen MR) is 103 cm³/mol. The third-order valence-electron chi connectivity index (χ3n) is 4.35. The van der Waals surface area contributed by atoms with Crippen molar-refractivity contribution in [2.24, 2.45) is 0 Å². The SMILES string of the molecule is O=C1c2ccccc2C(=O)c2c(Nc3ccc(OS(=O)O)cc3)ccc(O)c21. The van der Waals surface area contributed by atoms with E-state index < -0.39 is 17.1 Å². The van der Waals surface area contributed by atoms with Gasteiger partial charge in [-0.25, -0.2) is 0 Å². The predicted octanol–water partition coefficient (Wildman–Crippen LogP) is 3.43. The number of carbonyl (C=O) groups excluding carboxylic acids is 2. The molecule has 140 valence electrons. The van der Waals surface area contributed by atoms with Gasteiger partial charge in [-0.1, -0.05) is 24.3 Å². The van der Waals surface area contributed by atoms with Gasteiger partial charge in [0, 0.05) is 16.8 Å². The summed E-state index contributed by atoms with van der Waals surface area (Å²) >= 11 is -2.43. The Morgan fingerprint density at radius 3 is 2.04 bits per heavy atom. The van der Waals surface area contributed by atoms with E-state index in [4.69, 9.17) is 4.55 Å². The van der Waals surface area contributed by atoms with Crippen LogP contribution in [0.1, 0.15) is 31.8 Å². The maximum atomic E-state index is 13.0. The molecule has 0 saturated carbocycles. The summed E-state index contributed by atoms with van der Waals surface area (Å²) in [6.07, 6.45) is 0. The monoisotopic (exact) mass is 395 g/mol. The summed E-state index contributed by atoms with van der Waals surface area (Å²) in [7, 11) is 0. The van der Waals surface area contributed by atoms with E-state index in [-0.39, 0.29) is 39.5 Å². The van der Waals surface area contributed by atoms with Crippen molar-refractivity contribution >= 4 is 34.3 Å². The van der Waals surface area contributed by atoms with Crippen LogP contribution in [0.5, 0.6) is 11.5 Å². The first-order valence-electron chi connectivity index (χ1n) is 8.16. The first-order valence-corrected chi connectivity index (χ1v) is 9.19. The minimum atomic E-state index is -2.43.